The fourth-order valence-corrected chi connectivity index (χ4v) is 3.10. The summed E-state index contributed by atoms with van der Waals surface area (Å²) in [5, 5.41) is 6.08. The molecule has 0 radical (unpaired) electrons. The molecule has 1 aliphatic heterocycles. The van der Waals surface area contributed by atoms with Crippen LogP contribution in [0.1, 0.15) is 18.4 Å². The van der Waals surface area contributed by atoms with Crippen LogP contribution in [0.2, 0.25) is 0 Å². The molecule has 3 rings (SSSR count). The van der Waals surface area contributed by atoms with Gasteiger partial charge < -0.3 is 15.5 Å². The van der Waals surface area contributed by atoms with Crippen LogP contribution in [0.5, 0.6) is 0 Å². The average molecular weight is 329 g/mol. The maximum atomic E-state index is 13.4. The van der Waals surface area contributed by atoms with Gasteiger partial charge >= 0.3 is 0 Å². The molecular weight excluding hydrogens is 305 g/mol. The Morgan fingerprint density at radius 2 is 2.12 bits per heavy atom. The van der Waals surface area contributed by atoms with Crippen molar-refractivity contribution >= 4 is 11.8 Å². The maximum Gasteiger partial charge on any atom is 0.225 e. The average Bonchev–Trinajstić information content (AvgIpc) is 2.63. The highest BCUT2D eigenvalue weighted by Crippen LogP contribution is 2.16. The first-order valence-corrected chi connectivity index (χ1v) is 8.47. The smallest absolute Gasteiger partial charge is 0.225 e. The Morgan fingerprint density at radius 1 is 1.29 bits per heavy atom. The Hall–Kier alpha value is -2.21. The lowest BCUT2D eigenvalue weighted by Gasteiger charge is -2.33. The van der Waals surface area contributed by atoms with Crippen LogP contribution in [-0.2, 0) is 6.42 Å². The molecule has 128 valence electrons. The van der Waals surface area contributed by atoms with Crippen LogP contribution < -0.4 is 10.6 Å². The predicted molar refractivity (Wildman–Crippen MR) is 94.8 cm³/mol. The number of aromatic nitrogens is 2. The van der Waals surface area contributed by atoms with E-state index < -0.39 is 5.82 Å². The Labute approximate surface area is 142 Å². The fraction of sp³-hybridized carbons (Fsp3) is 0.444. The van der Waals surface area contributed by atoms with E-state index in [4.69, 9.17) is 0 Å². The van der Waals surface area contributed by atoms with E-state index in [1.54, 1.807) is 7.05 Å². The van der Waals surface area contributed by atoms with Crippen molar-refractivity contribution in [3.63, 3.8) is 0 Å². The van der Waals surface area contributed by atoms with E-state index in [1.165, 1.54) is 11.8 Å². The minimum atomic E-state index is -0.434. The number of nitrogens with one attached hydrogen (secondary N) is 2. The number of halogens is 1. The second-order valence-corrected chi connectivity index (χ2v) is 6.16. The Kier molecular flexibility index (Phi) is 5.59. The van der Waals surface area contributed by atoms with Gasteiger partial charge in [0.2, 0.25) is 5.95 Å². The summed E-state index contributed by atoms with van der Waals surface area (Å²) in [6, 6.07) is 10.9. The monoisotopic (exact) mass is 329 g/mol. The van der Waals surface area contributed by atoms with Gasteiger partial charge in [-0.2, -0.15) is 4.98 Å². The molecule has 1 aromatic heterocycles. The van der Waals surface area contributed by atoms with Crippen LogP contribution in [0.15, 0.2) is 36.5 Å². The van der Waals surface area contributed by atoms with E-state index in [0.29, 0.717) is 12.0 Å². The molecule has 0 unspecified atom stereocenters. The van der Waals surface area contributed by atoms with Gasteiger partial charge in [0, 0.05) is 26.2 Å². The summed E-state index contributed by atoms with van der Waals surface area (Å²) >= 11 is 0. The van der Waals surface area contributed by atoms with Crippen LogP contribution >= 0.6 is 0 Å². The number of nitrogens with zero attached hydrogens (tertiary/aromatic N) is 3. The molecule has 1 fully saturated rings. The second kappa shape index (κ2) is 8.06. The van der Waals surface area contributed by atoms with E-state index in [-0.39, 0.29) is 5.82 Å². The van der Waals surface area contributed by atoms with Crippen LogP contribution in [-0.4, -0.2) is 47.6 Å². The van der Waals surface area contributed by atoms with Crippen LogP contribution in [0, 0.1) is 5.82 Å². The largest absolute Gasteiger partial charge is 0.371 e. The number of benzene rings is 1. The van der Waals surface area contributed by atoms with Gasteiger partial charge in [0.1, 0.15) is 0 Å². The SMILES string of the molecule is CNc1nc(N[C@@H]2CCCN(CCc3ccccc3)C2)ncc1F. The van der Waals surface area contributed by atoms with Crippen molar-refractivity contribution in [1.82, 2.24) is 14.9 Å². The summed E-state index contributed by atoms with van der Waals surface area (Å²) < 4.78 is 13.4. The Balaban J connectivity index is 1.53. The number of rotatable bonds is 6. The third kappa shape index (κ3) is 4.41. The summed E-state index contributed by atoms with van der Waals surface area (Å²) in [4.78, 5) is 10.7. The van der Waals surface area contributed by atoms with Gasteiger partial charge in [-0.1, -0.05) is 30.3 Å². The minimum Gasteiger partial charge on any atom is -0.371 e. The van der Waals surface area contributed by atoms with Crippen molar-refractivity contribution in [2.45, 2.75) is 25.3 Å². The van der Waals surface area contributed by atoms with Gasteiger partial charge in [-0.25, -0.2) is 9.37 Å². The van der Waals surface area contributed by atoms with E-state index in [9.17, 15) is 4.39 Å². The fourth-order valence-electron chi connectivity index (χ4n) is 3.10. The van der Waals surface area contributed by atoms with Crippen molar-refractivity contribution < 1.29 is 4.39 Å². The molecule has 1 saturated heterocycles. The van der Waals surface area contributed by atoms with Crippen molar-refractivity contribution in [2.75, 3.05) is 37.3 Å². The van der Waals surface area contributed by atoms with Gasteiger partial charge in [0.15, 0.2) is 11.6 Å². The Morgan fingerprint density at radius 3 is 2.92 bits per heavy atom. The number of hydrogen-bond acceptors (Lipinski definition) is 5. The highest BCUT2D eigenvalue weighted by atomic mass is 19.1. The van der Waals surface area contributed by atoms with E-state index in [0.717, 1.165) is 38.9 Å². The maximum absolute atomic E-state index is 13.4. The van der Waals surface area contributed by atoms with Gasteiger partial charge in [-0.15, -0.1) is 0 Å². The molecule has 2 aromatic rings. The number of likely N-dealkylation sites (tertiary alicyclic amines) is 1. The standard InChI is InChI=1S/C18H24FN5/c1-20-17-16(19)12-21-18(23-17)22-15-8-5-10-24(13-15)11-9-14-6-3-2-4-7-14/h2-4,6-7,12,15H,5,8-11,13H2,1H3,(H2,20,21,22,23)/t15-/m1/s1. The topological polar surface area (TPSA) is 53.1 Å². The lowest BCUT2D eigenvalue weighted by Crippen LogP contribution is -2.43. The second-order valence-electron chi connectivity index (χ2n) is 6.16. The zero-order chi connectivity index (χ0) is 16.8. The zero-order valence-corrected chi connectivity index (χ0v) is 14.0. The summed E-state index contributed by atoms with van der Waals surface area (Å²) in [5.41, 5.74) is 1.37. The van der Waals surface area contributed by atoms with Crippen molar-refractivity contribution in [2.24, 2.45) is 0 Å². The molecule has 1 atom stereocenters. The zero-order valence-electron chi connectivity index (χ0n) is 14.0. The lowest BCUT2D eigenvalue weighted by atomic mass is 10.0. The number of hydrogen-bond donors (Lipinski definition) is 2. The molecule has 0 amide bonds. The molecule has 0 saturated carbocycles. The van der Waals surface area contributed by atoms with Crippen LogP contribution in [0.4, 0.5) is 16.2 Å². The van der Waals surface area contributed by atoms with Crippen molar-refractivity contribution in [3.8, 4) is 0 Å². The molecule has 2 heterocycles. The van der Waals surface area contributed by atoms with E-state index >= 15 is 0 Å². The van der Waals surface area contributed by atoms with Crippen LogP contribution in [0.3, 0.4) is 0 Å². The highest BCUT2D eigenvalue weighted by Gasteiger charge is 2.20. The van der Waals surface area contributed by atoms with Crippen molar-refractivity contribution in [3.05, 3.63) is 47.9 Å². The van der Waals surface area contributed by atoms with Gasteiger partial charge in [-0.05, 0) is 31.4 Å². The predicted octanol–water partition coefficient (Wildman–Crippen LogP) is 2.78. The molecule has 24 heavy (non-hydrogen) atoms. The van der Waals surface area contributed by atoms with E-state index in [1.807, 2.05) is 6.07 Å². The molecule has 6 heteroatoms. The molecule has 2 N–H and O–H groups in total. The summed E-state index contributed by atoms with van der Waals surface area (Å²) in [6.07, 6.45) is 4.49. The third-order valence-corrected chi connectivity index (χ3v) is 4.38. The quantitative estimate of drug-likeness (QED) is 0.853. The molecule has 0 aliphatic carbocycles. The molecule has 0 spiro atoms. The molecule has 0 bridgehead atoms. The first-order chi connectivity index (χ1) is 11.7. The highest BCUT2D eigenvalue weighted by molar-refractivity contribution is 5.40. The lowest BCUT2D eigenvalue weighted by molar-refractivity contribution is 0.218. The molecule has 1 aliphatic rings. The molecule has 5 nitrogen and oxygen atoms in total. The normalized spacial score (nSPS) is 18.3. The number of anilines is 2. The summed E-state index contributed by atoms with van der Waals surface area (Å²) in [6.45, 7) is 3.13. The Bertz CT molecular complexity index is 649. The van der Waals surface area contributed by atoms with Gasteiger partial charge in [-0.3, -0.25) is 0 Å². The first kappa shape index (κ1) is 16.6. The first-order valence-electron chi connectivity index (χ1n) is 8.47. The van der Waals surface area contributed by atoms with Crippen LogP contribution in [0.25, 0.3) is 0 Å². The van der Waals surface area contributed by atoms with Crippen molar-refractivity contribution in [1.29, 1.82) is 0 Å². The third-order valence-electron chi connectivity index (χ3n) is 4.38. The van der Waals surface area contributed by atoms with E-state index in [2.05, 4.69) is 49.8 Å². The summed E-state index contributed by atoms with van der Waals surface area (Å²) in [7, 11) is 1.65. The van der Waals surface area contributed by atoms with Gasteiger partial charge in [0.05, 0.1) is 6.20 Å². The minimum absolute atomic E-state index is 0.226. The molecule has 1 aromatic carbocycles. The van der Waals surface area contributed by atoms with Gasteiger partial charge in [0.25, 0.3) is 0 Å². The summed E-state index contributed by atoms with van der Waals surface area (Å²) in [5.74, 6) is 0.274. The number of piperidine rings is 1. The molecular formula is C18H24FN5.